The summed E-state index contributed by atoms with van der Waals surface area (Å²) in [6.45, 7) is 3.35. The molecule has 0 unspecified atom stereocenters. The molecule has 2 atom stereocenters. The van der Waals surface area contributed by atoms with Gasteiger partial charge in [0.25, 0.3) is 0 Å². The Hall–Kier alpha value is -1.10. The van der Waals surface area contributed by atoms with E-state index in [9.17, 15) is 9.59 Å². The van der Waals surface area contributed by atoms with E-state index in [1.54, 1.807) is 0 Å². The molecule has 0 aromatic rings. The van der Waals surface area contributed by atoms with Crippen LogP contribution in [0.25, 0.3) is 0 Å². The van der Waals surface area contributed by atoms with E-state index in [2.05, 4.69) is 10.6 Å². The highest BCUT2D eigenvalue weighted by Crippen LogP contribution is 2.37. The molecule has 0 bridgehead atoms. The average Bonchev–Trinajstić information content (AvgIpc) is 3.37. The molecule has 0 aromatic carbocycles. The van der Waals surface area contributed by atoms with Crippen molar-refractivity contribution in [1.82, 2.24) is 10.6 Å². The van der Waals surface area contributed by atoms with E-state index in [1.807, 2.05) is 6.92 Å². The SMILES string of the molecule is CCO[C@H]1C[C@H]1C(=O)NC1(C(=O)NCC2CC2)CCCC1. The van der Waals surface area contributed by atoms with Gasteiger partial charge in [0.2, 0.25) is 11.8 Å². The molecule has 3 saturated carbocycles. The number of amides is 2. The molecule has 2 amide bonds. The topological polar surface area (TPSA) is 67.4 Å². The third kappa shape index (κ3) is 3.39. The molecule has 5 heteroatoms. The second kappa shape index (κ2) is 5.95. The Balaban J connectivity index is 1.55. The van der Waals surface area contributed by atoms with Crippen LogP contribution in [-0.2, 0) is 14.3 Å². The minimum Gasteiger partial charge on any atom is -0.378 e. The summed E-state index contributed by atoms with van der Waals surface area (Å²) >= 11 is 0. The summed E-state index contributed by atoms with van der Waals surface area (Å²) < 4.78 is 5.47. The van der Waals surface area contributed by atoms with Gasteiger partial charge in [0.15, 0.2) is 0 Å². The number of hydrogen-bond acceptors (Lipinski definition) is 3. The van der Waals surface area contributed by atoms with Gasteiger partial charge < -0.3 is 15.4 Å². The Morgan fingerprint density at radius 1 is 1.24 bits per heavy atom. The lowest BCUT2D eigenvalue weighted by molar-refractivity contribution is -0.134. The quantitative estimate of drug-likeness (QED) is 0.745. The number of nitrogens with one attached hydrogen (secondary N) is 2. The lowest BCUT2D eigenvalue weighted by Gasteiger charge is -2.29. The Morgan fingerprint density at radius 2 is 1.95 bits per heavy atom. The highest BCUT2D eigenvalue weighted by atomic mass is 16.5. The lowest BCUT2D eigenvalue weighted by atomic mass is 9.95. The van der Waals surface area contributed by atoms with Gasteiger partial charge in [0, 0.05) is 13.2 Å². The van der Waals surface area contributed by atoms with Crippen LogP contribution in [0.1, 0.15) is 51.9 Å². The van der Waals surface area contributed by atoms with Crippen molar-refractivity contribution in [3.8, 4) is 0 Å². The molecule has 21 heavy (non-hydrogen) atoms. The van der Waals surface area contributed by atoms with Crippen LogP contribution < -0.4 is 10.6 Å². The average molecular weight is 294 g/mol. The zero-order valence-corrected chi connectivity index (χ0v) is 12.8. The van der Waals surface area contributed by atoms with Crippen LogP contribution in [0.4, 0.5) is 0 Å². The molecular formula is C16H26N2O3. The zero-order chi connectivity index (χ0) is 14.9. The van der Waals surface area contributed by atoms with Gasteiger partial charge in [-0.2, -0.15) is 0 Å². The molecule has 0 heterocycles. The summed E-state index contributed by atoms with van der Waals surface area (Å²) in [6.07, 6.45) is 6.84. The fourth-order valence-electron chi connectivity index (χ4n) is 3.29. The van der Waals surface area contributed by atoms with E-state index in [0.29, 0.717) is 12.5 Å². The van der Waals surface area contributed by atoms with Gasteiger partial charge in [-0.3, -0.25) is 9.59 Å². The summed E-state index contributed by atoms with van der Waals surface area (Å²) in [5.74, 6) is 0.623. The van der Waals surface area contributed by atoms with Crippen LogP contribution in [0, 0.1) is 11.8 Å². The zero-order valence-electron chi connectivity index (χ0n) is 12.8. The second-order valence-corrected chi connectivity index (χ2v) is 6.77. The Morgan fingerprint density at radius 3 is 2.57 bits per heavy atom. The van der Waals surface area contributed by atoms with E-state index in [1.165, 1.54) is 12.8 Å². The first-order valence-electron chi connectivity index (χ1n) is 8.36. The molecule has 2 N–H and O–H groups in total. The fraction of sp³-hybridized carbons (Fsp3) is 0.875. The molecule has 3 aliphatic carbocycles. The minimum atomic E-state index is -0.661. The Labute approximate surface area is 126 Å². The summed E-state index contributed by atoms with van der Waals surface area (Å²) in [5.41, 5.74) is -0.661. The summed E-state index contributed by atoms with van der Waals surface area (Å²) in [7, 11) is 0. The van der Waals surface area contributed by atoms with Crippen molar-refractivity contribution in [3.63, 3.8) is 0 Å². The van der Waals surface area contributed by atoms with Crippen molar-refractivity contribution in [2.75, 3.05) is 13.2 Å². The molecule has 0 aliphatic heterocycles. The molecule has 0 saturated heterocycles. The van der Waals surface area contributed by atoms with Crippen molar-refractivity contribution in [2.45, 2.75) is 63.5 Å². The predicted octanol–water partition coefficient (Wildman–Crippen LogP) is 1.37. The largest absolute Gasteiger partial charge is 0.378 e. The number of hydrogen-bond donors (Lipinski definition) is 2. The molecular weight excluding hydrogens is 268 g/mol. The highest BCUT2D eigenvalue weighted by Gasteiger charge is 2.49. The van der Waals surface area contributed by atoms with Gasteiger partial charge in [0.1, 0.15) is 5.54 Å². The van der Waals surface area contributed by atoms with Gasteiger partial charge in [-0.25, -0.2) is 0 Å². The molecule has 5 nitrogen and oxygen atoms in total. The molecule has 0 radical (unpaired) electrons. The molecule has 0 spiro atoms. The van der Waals surface area contributed by atoms with Gasteiger partial charge in [0.05, 0.1) is 12.0 Å². The van der Waals surface area contributed by atoms with E-state index in [4.69, 9.17) is 4.74 Å². The first kappa shape index (κ1) is 14.8. The standard InChI is InChI=1S/C16H26N2O3/c1-2-21-13-9-12(13)14(19)18-16(7-3-4-8-16)15(20)17-10-11-5-6-11/h11-13H,2-10H2,1H3,(H,17,20)(H,18,19)/t12-,13+/m1/s1. The summed E-state index contributed by atoms with van der Waals surface area (Å²) in [4.78, 5) is 24.9. The maximum atomic E-state index is 12.5. The molecule has 118 valence electrons. The number of ether oxygens (including phenoxy) is 1. The van der Waals surface area contributed by atoms with Gasteiger partial charge >= 0.3 is 0 Å². The van der Waals surface area contributed by atoms with Crippen LogP contribution >= 0.6 is 0 Å². The van der Waals surface area contributed by atoms with Crippen molar-refractivity contribution in [1.29, 1.82) is 0 Å². The first-order chi connectivity index (χ1) is 10.1. The monoisotopic (exact) mass is 294 g/mol. The molecule has 0 aromatic heterocycles. The Bertz CT molecular complexity index is 414. The molecule has 3 fully saturated rings. The van der Waals surface area contributed by atoms with E-state index >= 15 is 0 Å². The lowest BCUT2D eigenvalue weighted by Crippen LogP contribution is -2.58. The second-order valence-electron chi connectivity index (χ2n) is 6.77. The first-order valence-corrected chi connectivity index (χ1v) is 8.36. The maximum Gasteiger partial charge on any atom is 0.245 e. The third-order valence-electron chi connectivity index (χ3n) is 4.95. The number of rotatable bonds is 7. The summed E-state index contributed by atoms with van der Waals surface area (Å²) in [6, 6.07) is 0. The van der Waals surface area contributed by atoms with E-state index < -0.39 is 5.54 Å². The van der Waals surface area contributed by atoms with Crippen LogP contribution in [0.15, 0.2) is 0 Å². The normalized spacial score (nSPS) is 30.0. The van der Waals surface area contributed by atoms with Crippen LogP contribution in [-0.4, -0.2) is 36.6 Å². The number of carbonyl (C=O) groups is 2. The molecule has 3 rings (SSSR count). The third-order valence-corrected chi connectivity index (χ3v) is 4.95. The van der Waals surface area contributed by atoms with Crippen LogP contribution in [0.3, 0.4) is 0 Å². The summed E-state index contributed by atoms with van der Waals surface area (Å²) in [5, 5.41) is 6.10. The van der Waals surface area contributed by atoms with Crippen molar-refractivity contribution in [2.24, 2.45) is 11.8 Å². The van der Waals surface area contributed by atoms with Crippen molar-refractivity contribution in [3.05, 3.63) is 0 Å². The molecule has 3 aliphatic rings. The Kier molecular flexibility index (Phi) is 4.20. The van der Waals surface area contributed by atoms with Crippen LogP contribution in [0.2, 0.25) is 0 Å². The van der Waals surface area contributed by atoms with Crippen molar-refractivity contribution < 1.29 is 14.3 Å². The highest BCUT2D eigenvalue weighted by molar-refractivity contribution is 5.93. The fourth-order valence-corrected chi connectivity index (χ4v) is 3.29. The smallest absolute Gasteiger partial charge is 0.245 e. The van der Waals surface area contributed by atoms with E-state index in [-0.39, 0.29) is 23.8 Å². The van der Waals surface area contributed by atoms with Crippen molar-refractivity contribution >= 4 is 11.8 Å². The van der Waals surface area contributed by atoms with Gasteiger partial charge in [-0.05, 0) is 44.9 Å². The minimum absolute atomic E-state index is 0.00285. The predicted molar refractivity (Wildman–Crippen MR) is 78.6 cm³/mol. The van der Waals surface area contributed by atoms with Crippen LogP contribution in [0.5, 0.6) is 0 Å². The van der Waals surface area contributed by atoms with E-state index in [0.717, 1.165) is 38.6 Å². The van der Waals surface area contributed by atoms with Gasteiger partial charge in [-0.1, -0.05) is 12.8 Å². The number of carbonyl (C=O) groups excluding carboxylic acids is 2. The maximum absolute atomic E-state index is 12.5. The van der Waals surface area contributed by atoms with Gasteiger partial charge in [-0.15, -0.1) is 0 Å².